The Bertz CT molecular complexity index is 454. The SMILES string of the molecule is C1=CN([BH-](n2cccn2)n2cccn2)[N+]=C1. The first-order chi connectivity index (χ1) is 7.95. The summed E-state index contributed by atoms with van der Waals surface area (Å²) in [6.45, 7) is 0. The number of hydrazone groups is 1. The maximum Gasteiger partial charge on any atom is 0.374 e. The molecule has 0 bridgehead atoms. The van der Waals surface area contributed by atoms with Crippen LogP contribution in [0.25, 0.3) is 0 Å². The summed E-state index contributed by atoms with van der Waals surface area (Å²) in [5.74, 6) is 0. The summed E-state index contributed by atoms with van der Waals surface area (Å²) in [6, 6.07) is 3.79. The standard InChI is InChI=1S/C9H10BN6/c1-4-11-14(7-1)10(15-8-2-5-12-15)16-9-3-6-13-16/h1-10H. The number of hydrogen-bond acceptors (Lipinski definition) is 4. The summed E-state index contributed by atoms with van der Waals surface area (Å²) in [4.78, 5) is 1.88. The topological polar surface area (TPSA) is 53.0 Å². The lowest BCUT2D eigenvalue weighted by Crippen LogP contribution is -2.49. The van der Waals surface area contributed by atoms with Gasteiger partial charge in [-0.3, -0.25) is 0 Å². The van der Waals surface area contributed by atoms with Crippen molar-refractivity contribution in [3.8, 4) is 0 Å². The average Bonchev–Trinajstić information content (AvgIpc) is 3.02. The first-order valence-electron chi connectivity index (χ1n) is 5.10. The fourth-order valence-corrected chi connectivity index (χ4v) is 1.85. The highest BCUT2D eigenvalue weighted by atomic mass is 15.5. The van der Waals surface area contributed by atoms with Gasteiger partial charge in [-0.05, 0) is 24.5 Å². The Hall–Kier alpha value is -2.31. The molecule has 1 radical (unpaired) electrons. The molecule has 1 aliphatic rings. The van der Waals surface area contributed by atoms with Crippen LogP contribution in [0.2, 0.25) is 0 Å². The van der Waals surface area contributed by atoms with Crippen LogP contribution in [-0.2, 0) is 0 Å². The first-order valence-corrected chi connectivity index (χ1v) is 5.10. The zero-order chi connectivity index (χ0) is 10.8. The lowest BCUT2D eigenvalue weighted by Gasteiger charge is -2.25. The first kappa shape index (κ1) is 8.96. The minimum atomic E-state index is -1.13. The van der Waals surface area contributed by atoms with Crippen molar-refractivity contribution in [2.24, 2.45) is 0 Å². The second kappa shape index (κ2) is 3.69. The Balaban J connectivity index is 2.01. The fourth-order valence-electron chi connectivity index (χ4n) is 1.85. The molecule has 7 heteroatoms. The number of aromatic nitrogens is 4. The molecule has 0 atom stereocenters. The van der Waals surface area contributed by atoms with Crippen LogP contribution in [0.1, 0.15) is 0 Å². The molecule has 2 aromatic heterocycles. The van der Waals surface area contributed by atoms with Crippen molar-refractivity contribution >= 4 is 13.3 Å². The predicted molar refractivity (Wildman–Crippen MR) is 61.6 cm³/mol. The van der Waals surface area contributed by atoms with E-state index in [-0.39, 0.29) is 0 Å². The molecule has 0 aliphatic carbocycles. The Labute approximate surface area is 92.6 Å². The van der Waals surface area contributed by atoms with E-state index in [9.17, 15) is 0 Å². The molecule has 0 saturated heterocycles. The largest absolute Gasteiger partial charge is 0.400 e. The number of rotatable bonds is 3. The van der Waals surface area contributed by atoms with Crippen LogP contribution in [0.15, 0.2) is 49.2 Å². The molecule has 0 spiro atoms. The molecule has 79 valence electrons. The highest BCUT2D eigenvalue weighted by Crippen LogP contribution is 2.01. The Morgan fingerprint density at radius 1 is 1.00 bits per heavy atom. The molecule has 16 heavy (non-hydrogen) atoms. The molecule has 0 fully saturated rings. The van der Waals surface area contributed by atoms with Crippen molar-refractivity contribution in [1.29, 1.82) is 0 Å². The molecule has 0 saturated carbocycles. The van der Waals surface area contributed by atoms with Gasteiger partial charge in [-0.2, -0.15) is 0 Å². The quantitative estimate of drug-likeness (QED) is 0.636. The summed E-state index contributed by atoms with van der Waals surface area (Å²) in [6.07, 6.45) is 12.9. The van der Waals surface area contributed by atoms with Crippen molar-refractivity contribution in [2.45, 2.75) is 0 Å². The molecule has 1 aliphatic heterocycles. The molecule has 2 aromatic rings. The van der Waals surface area contributed by atoms with E-state index in [0.717, 1.165) is 0 Å². The van der Waals surface area contributed by atoms with Crippen molar-refractivity contribution in [1.82, 2.24) is 29.4 Å². The van der Waals surface area contributed by atoms with Gasteiger partial charge < -0.3 is 9.19 Å². The van der Waals surface area contributed by atoms with Gasteiger partial charge in [0.05, 0.1) is 0 Å². The van der Waals surface area contributed by atoms with Crippen molar-refractivity contribution in [2.75, 3.05) is 0 Å². The summed E-state index contributed by atoms with van der Waals surface area (Å²) < 4.78 is 3.75. The third-order valence-corrected chi connectivity index (χ3v) is 2.55. The van der Waals surface area contributed by atoms with Crippen molar-refractivity contribution < 1.29 is 0 Å². The molecule has 0 N–H and O–H groups in total. The van der Waals surface area contributed by atoms with Crippen LogP contribution < -0.4 is 5.10 Å². The molecular formula is C9H10BN6. The van der Waals surface area contributed by atoms with E-state index < -0.39 is 7.12 Å². The summed E-state index contributed by atoms with van der Waals surface area (Å²) in [5.41, 5.74) is 0. The maximum atomic E-state index is 4.26. The fraction of sp³-hybridized carbons (Fsp3) is 0. The second-order valence-corrected chi connectivity index (χ2v) is 3.56. The maximum absolute atomic E-state index is 4.26. The highest BCUT2D eigenvalue weighted by molar-refractivity contribution is 6.51. The lowest BCUT2D eigenvalue weighted by molar-refractivity contribution is 0.521. The van der Waals surface area contributed by atoms with Gasteiger partial charge in [0.15, 0.2) is 0 Å². The van der Waals surface area contributed by atoms with E-state index in [1.54, 1.807) is 18.6 Å². The summed E-state index contributed by atoms with van der Waals surface area (Å²) >= 11 is 0. The zero-order valence-electron chi connectivity index (χ0n) is 8.59. The van der Waals surface area contributed by atoms with Crippen LogP contribution in [0.4, 0.5) is 0 Å². The van der Waals surface area contributed by atoms with Gasteiger partial charge in [0.25, 0.3) is 6.21 Å². The van der Waals surface area contributed by atoms with Gasteiger partial charge in [-0.25, -0.2) is 15.1 Å². The average molecular weight is 213 g/mol. The molecule has 3 heterocycles. The van der Waals surface area contributed by atoms with E-state index in [2.05, 4.69) is 15.3 Å². The smallest absolute Gasteiger partial charge is 0.374 e. The van der Waals surface area contributed by atoms with E-state index >= 15 is 0 Å². The van der Waals surface area contributed by atoms with E-state index in [4.69, 9.17) is 0 Å². The molecular weight excluding hydrogens is 203 g/mol. The monoisotopic (exact) mass is 213 g/mol. The van der Waals surface area contributed by atoms with E-state index in [1.165, 1.54) is 0 Å². The summed E-state index contributed by atoms with van der Waals surface area (Å²) in [7, 11) is -1.13. The molecule has 0 amide bonds. The van der Waals surface area contributed by atoms with Gasteiger partial charge in [0.2, 0.25) is 0 Å². The van der Waals surface area contributed by atoms with Gasteiger partial charge in [0, 0.05) is 24.7 Å². The molecule has 0 unspecified atom stereocenters. The van der Waals surface area contributed by atoms with Gasteiger partial charge in [-0.15, -0.1) is 0 Å². The third-order valence-electron chi connectivity index (χ3n) is 2.55. The lowest BCUT2D eigenvalue weighted by atomic mass is 9.94. The third kappa shape index (κ3) is 1.42. The minimum absolute atomic E-state index is 1.13. The van der Waals surface area contributed by atoms with Crippen LogP contribution in [0.3, 0.4) is 0 Å². The number of nitrogens with zero attached hydrogens (tertiary/aromatic N) is 6. The van der Waals surface area contributed by atoms with Gasteiger partial charge in [-0.1, -0.05) is 0 Å². The van der Waals surface area contributed by atoms with Crippen molar-refractivity contribution in [3.05, 3.63) is 49.2 Å². The molecule has 3 rings (SSSR count). The molecule has 6 nitrogen and oxygen atoms in total. The molecule has 0 aromatic carbocycles. The number of allylic oxidation sites excluding steroid dienone is 1. The number of hydrogen-bond donors (Lipinski definition) is 0. The van der Waals surface area contributed by atoms with Crippen molar-refractivity contribution in [3.63, 3.8) is 0 Å². The predicted octanol–water partition coefficient (Wildman–Crippen LogP) is -0.656. The van der Waals surface area contributed by atoms with Crippen LogP contribution in [-0.4, -0.2) is 37.6 Å². The van der Waals surface area contributed by atoms with E-state index in [1.807, 2.05) is 50.9 Å². The van der Waals surface area contributed by atoms with Crippen LogP contribution >= 0.6 is 0 Å². The van der Waals surface area contributed by atoms with Gasteiger partial charge >= 0.3 is 7.12 Å². The minimum Gasteiger partial charge on any atom is -0.400 e. The Morgan fingerprint density at radius 3 is 2.12 bits per heavy atom. The van der Waals surface area contributed by atoms with E-state index in [0.29, 0.717) is 0 Å². The van der Waals surface area contributed by atoms with Gasteiger partial charge in [0.1, 0.15) is 5.10 Å². The van der Waals surface area contributed by atoms with Crippen LogP contribution in [0, 0.1) is 0 Å². The second-order valence-electron chi connectivity index (χ2n) is 3.56. The summed E-state index contributed by atoms with van der Waals surface area (Å²) in [5, 5.41) is 12.8. The normalized spacial score (nSPS) is 14.2. The highest BCUT2D eigenvalue weighted by Gasteiger charge is 2.23. The van der Waals surface area contributed by atoms with Crippen LogP contribution in [0.5, 0.6) is 0 Å². The Kier molecular flexibility index (Phi) is 2.07. The zero-order valence-corrected chi connectivity index (χ0v) is 8.59. The Morgan fingerprint density at radius 2 is 1.69 bits per heavy atom.